The number of hydrogen-bond acceptors (Lipinski definition) is 12. The third-order valence-electron chi connectivity index (χ3n) is 9.15. The molecule has 2 saturated heterocycles. The van der Waals surface area contributed by atoms with Crippen molar-refractivity contribution < 1.29 is 38.1 Å². The molecule has 4 aromatic carbocycles. The predicted octanol–water partition coefficient (Wildman–Crippen LogP) is 9.11. The molecule has 6 aromatic rings. The SMILES string of the molecule is C[C@@]1(O)CC(=O)O[C@@H](CSc2nc(-c3ccccc3)c(-c3ccccc3)o2)C1.C[C@]1(O)CC(=O)O[C@@H](CSc2nc(-c3ccccc3)c(-c3ccccc3)o2)C1. The Labute approximate surface area is 333 Å². The van der Waals surface area contributed by atoms with Crippen molar-refractivity contribution in [2.24, 2.45) is 0 Å². The lowest BCUT2D eigenvalue weighted by Crippen LogP contribution is -2.42. The fraction of sp³-hybridized carbons (Fsp3) is 0.273. The van der Waals surface area contributed by atoms with Crippen LogP contribution in [0.5, 0.6) is 0 Å². The molecule has 288 valence electrons. The molecule has 8 rings (SSSR count). The largest absolute Gasteiger partial charge is 0.461 e. The van der Waals surface area contributed by atoms with Gasteiger partial charge in [0.2, 0.25) is 0 Å². The van der Waals surface area contributed by atoms with Gasteiger partial charge < -0.3 is 28.5 Å². The molecule has 0 bridgehead atoms. The molecule has 10 nitrogen and oxygen atoms in total. The second-order valence-corrected chi connectivity index (χ2v) is 16.3. The Kier molecular flexibility index (Phi) is 12.1. The van der Waals surface area contributed by atoms with Crippen molar-refractivity contribution in [2.45, 2.75) is 73.4 Å². The van der Waals surface area contributed by atoms with E-state index in [9.17, 15) is 19.8 Å². The van der Waals surface area contributed by atoms with E-state index in [0.717, 1.165) is 33.6 Å². The van der Waals surface area contributed by atoms with Crippen LogP contribution in [0.1, 0.15) is 39.5 Å². The standard InChI is InChI=1S/2C22H21NO4S/c2*1-22(25)12-17(26-18(24)13-22)14-28-21-23-19(15-8-4-2-5-9-15)20(27-21)16-10-6-3-7-11-16/h2*2-11,17,25H,12-14H2,1H3/t17-,22+;17-,22-/m11/s1. The monoisotopic (exact) mass is 790 g/mol. The highest BCUT2D eigenvalue weighted by atomic mass is 32.2. The lowest BCUT2D eigenvalue weighted by molar-refractivity contribution is -0.167. The number of thioether (sulfide) groups is 2. The van der Waals surface area contributed by atoms with Crippen molar-refractivity contribution in [1.29, 1.82) is 0 Å². The van der Waals surface area contributed by atoms with E-state index in [-0.39, 0.29) is 37.0 Å². The zero-order valence-electron chi connectivity index (χ0n) is 31.0. The summed E-state index contributed by atoms with van der Waals surface area (Å²) < 4.78 is 22.9. The molecule has 2 N–H and O–H groups in total. The minimum absolute atomic E-state index is 0.0312. The Bertz CT molecular complexity index is 1950. The molecule has 0 aliphatic carbocycles. The summed E-state index contributed by atoms with van der Waals surface area (Å²) in [5.74, 6) is 1.63. The van der Waals surface area contributed by atoms with Crippen LogP contribution in [0.15, 0.2) is 141 Å². The molecule has 2 aromatic heterocycles. The zero-order chi connectivity index (χ0) is 39.1. The first-order valence-corrected chi connectivity index (χ1v) is 20.3. The van der Waals surface area contributed by atoms with Gasteiger partial charge in [0.25, 0.3) is 10.4 Å². The summed E-state index contributed by atoms with van der Waals surface area (Å²) in [5, 5.41) is 21.4. The second-order valence-electron chi connectivity index (χ2n) is 14.4. The number of carbonyl (C=O) groups excluding carboxylic acids is 2. The van der Waals surface area contributed by atoms with Gasteiger partial charge in [-0.3, -0.25) is 9.59 Å². The third kappa shape index (κ3) is 10.2. The number of nitrogens with zero attached hydrogens (tertiary/aromatic N) is 2. The van der Waals surface area contributed by atoms with Gasteiger partial charge in [-0.05, 0) is 13.8 Å². The number of carbonyl (C=O) groups is 2. The van der Waals surface area contributed by atoms with Crippen molar-refractivity contribution in [3.05, 3.63) is 121 Å². The molecular formula is C44H42N2O8S2. The number of benzene rings is 4. The molecule has 4 atom stereocenters. The van der Waals surface area contributed by atoms with Gasteiger partial charge in [-0.15, -0.1) is 0 Å². The van der Waals surface area contributed by atoms with Gasteiger partial charge in [-0.1, -0.05) is 145 Å². The van der Waals surface area contributed by atoms with Crippen LogP contribution in [0.2, 0.25) is 0 Å². The quantitative estimate of drug-likeness (QED) is 0.101. The summed E-state index contributed by atoms with van der Waals surface area (Å²) in [4.78, 5) is 32.8. The van der Waals surface area contributed by atoms with Crippen molar-refractivity contribution in [3.8, 4) is 45.2 Å². The molecule has 56 heavy (non-hydrogen) atoms. The molecule has 0 saturated carbocycles. The molecule has 2 aliphatic rings. The molecule has 2 aliphatic heterocycles. The molecule has 2 fully saturated rings. The summed E-state index contributed by atoms with van der Waals surface area (Å²) in [6.07, 6.45) is 0.141. The molecule has 0 radical (unpaired) electrons. The van der Waals surface area contributed by atoms with Crippen LogP contribution in [0.4, 0.5) is 0 Å². The normalized spacial score (nSPS) is 22.1. The van der Waals surface area contributed by atoms with Crippen LogP contribution in [0.25, 0.3) is 45.2 Å². The van der Waals surface area contributed by atoms with E-state index in [1.165, 1.54) is 23.5 Å². The van der Waals surface area contributed by atoms with Gasteiger partial charge >= 0.3 is 11.9 Å². The number of oxazole rings is 2. The van der Waals surface area contributed by atoms with Gasteiger partial charge in [0.05, 0.1) is 24.0 Å². The summed E-state index contributed by atoms with van der Waals surface area (Å²) in [7, 11) is 0. The van der Waals surface area contributed by atoms with Crippen LogP contribution in [0, 0.1) is 0 Å². The summed E-state index contributed by atoms with van der Waals surface area (Å²) in [6, 6.07) is 39.5. The fourth-order valence-electron chi connectivity index (χ4n) is 6.68. The maximum atomic E-state index is 11.7. The fourth-order valence-corrected chi connectivity index (χ4v) is 8.30. The van der Waals surface area contributed by atoms with E-state index in [1.807, 2.05) is 121 Å². The number of cyclic esters (lactones) is 2. The van der Waals surface area contributed by atoms with Gasteiger partial charge in [0, 0.05) is 46.6 Å². The number of ether oxygens (including phenoxy) is 2. The summed E-state index contributed by atoms with van der Waals surface area (Å²) in [5.41, 5.74) is 3.36. The van der Waals surface area contributed by atoms with Gasteiger partial charge in [0.15, 0.2) is 11.5 Å². The number of aliphatic hydroxyl groups is 2. The summed E-state index contributed by atoms with van der Waals surface area (Å²) in [6.45, 7) is 3.33. The number of rotatable bonds is 10. The minimum atomic E-state index is -1.03. The van der Waals surface area contributed by atoms with Crippen molar-refractivity contribution in [1.82, 2.24) is 9.97 Å². The van der Waals surface area contributed by atoms with E-state index >= 15 is 0 Å². The van der Waals surface area contributed by atoms with Crippen molar-refractivity contribution in [2.75, 3.05) is 11.5 Å². The highest BCUT2D eigenvalue weighted by Gasteiger charge is 2.37. The first-order valence-electron chi connectivity index (χ1n) is 18.3. The highest BCUT2D eigenvalue weighted by molar-refractivity contribution is 7.99. The number of esters is 2. The first-order chi connectivity index (χ1) is 27.0. The average Bonchev–Trinajstić information content (AvgIpc) is 3.82. The van der Waals surface area contributed by atoms with Gasteiger partial charge in [0.1, 0.15) is 23.6 Å². The first kappa shape index (κ1) is 39.1. The topological polar surface area (TPSA) is 145 Å². The van der Waals surface area contributed by atoms with E-state index < -0.39 is 11.2 Å². The highest BCUT2D eigenvalue weighted by Crippen LogP contribution is 2.38. The van der Waals surface area contributed by atoms with Gasteiger partial charge in [-0.25, -0.2) is 9.97 Å². The van der Waals surface area contributed by atoms with Crippen LogP contribution in [0.3, 0.4) is 0 Å². The Morgan fingerprint density at radius 1 is 0.554 bits per heavy atom. The maximum absolute atomic E-state index is 11.7. The van der Waals surface area contributed by atoms with E-state index in [0.29, 0.717) is 46.3 Å². The predicted molar refractivity (Wildman–Crippen MR) is 216 cm³/mol. The zero-order valence-corrected chi connectivity index (χ0v) is 32.6. The molecule has 4 heterocycles. The van der Waals surface area contributed by atoms with E-state index in [1.54, 1.807) is 13.8 Å². The lowest BCUT2D eigenvalue weighted by atomic mass is 9.93. The smallest absolute Gasteiger partial charge is 0.309 e. The van der Waals surface area contributed by atoms with Crippen LogP contribution >= 0.6 is 23.5 Å². The maximum Gasteiger partial charge on any atom is 0.309 e. The van der Waals surface area contributed by atoms with E-state index in [2.05, 4.69) is 9.97 Å². The number of hydrogen-bond donors (Lipinski definition) is 2. The minimum Gasteiger partial charge on any atom is -0.461 e. The Balaban J connectivity index is 0.000000172. The van der Waals surface area contributed by atoms with E-state index in [4.69, 9.17) is 18.3 Å². The second kappa shape index (κ2) is 17.3. The molecule has 0 amide bonds. The van der Waals surface area contributed by atoms with Crippen molar-refractivity contribution >= 4 is 35.5 Å². The number of aromatic nitrogens is 2. The van der Waals surface area contributed by atoms with Crippen LogP contribution in [-0.4, -0.2) is 67.0 Å². The van der Waals surface area contributed by atoms with Gasteiger partial charge in [-0.2, -0.15) is 0 Å². The van der Waals surface area contributed by atoms with Crippen LogP contribution in [-0.2, 0) is 19.1 Å². The Morgan fingerprint density at radius 2 is 0.875 bits per heavy atom. The third-order valence-corrected chi connectivity index (χ3v) is 11.1. The average molecular weight is 791 g/mol. The molecule has 12 heteroatoms. The lowest BCUT2D eigenvalue weighted by Gasteiger charge is -2.32. The molecular weight excluding hydrogens is 749 g/mol. The summed E-state index contributed by atoms with van der Waals surface area (Å²) >= 11 is 2.78. The molecule has 0 unspecified atom stereocenters. The molecule has 0 spiro atoms. The Hall–Kier alpha value is -5.14. The van der Waals surface area contributed by atoms with Crippen molar-refractivity contribution in [3.63, 3.8) is 0 Å². The van der Waals surface area contributed by atoms with Crippen LogP contribution < -0.4 is 0 Å². The Morgan fingerprint density at radius 3 is 1.20 bits per heavy atom.